The third kappa shape index (κ3) is 3.18. The summed E-state index contributed by atoms with van der Waals surface area (Å²) in [6.07, 6.45) is 4.62. The second kappa shape index (κ2) is 6.22. The Morgan fingerprint density at radius 2 is 2.35 bits per heavy atom. The summed E-state index contributed by atoms with van der Waals surface area (Å²) in [7, 11) is 1.88. The summed E-state index contributed by atoms with van der Waals surface area (Å²) in [5.74, 6) is 1.81. The molecular weight excluding hydrogens is 294 g/mol. The van der Waals surface area contributed by atoms with E-state index in [1.54, 1.807) is 10.9 Å². The molecule has 2 aliphatic heterocycles. The van der Waals surface area contributed by atoms with Gasteiger partial charge in [-0.1, -0.05) is 12.1 Å². The van der Waals surface area contributed by atoms with Crippen LogP contribution in [0.15, 0.2) is 30.6 Å². The molecule has 1 aromatic carbocycles. The van der Waals surface area contributed by atoms with E-state index < -0.39 is 0 Å². The fourth-order valence-electron chi connectivity index (χ4n) is 3.07. The van der Waals surface area contributed by atoms with Gasteiger partial charge in [-0.15, -0.1) is 0 Å². The number of hydrogen-bond acceptors (Lipinski definition) is 5. The standard InChI is InChI=1S/C17H21N3O3/c1-20-9-14(8-19-20)23-17-11-21-10-15(17)18-7-12-2-3-16-13(6-12)4-5-22-16/h2-3,6,8-9,15,17-18H,4-5,7,10-11H2,1H3/t15-,17+/m0/s1. The van der Waals surface area contributed by atoms with Gasteiger partial charge in [0.25, 0.3) is 0 Å². The second-order valence-corrected chi connectivity index (χ2v) is 6.07. The SMILES string of the molecule is Cn1cc(O[C@@H]2COC[C@@H]2NCc2ccc3c(c2)CCO3)cn1. The molecule has 0 unspecified atom stereocenters. The zero-order valence-corrected chi connectivity index (χ0v) is 13.2. The summed E-state index contributed by atoms with van der Waals surface area (Å²) in [6, 6.07) is 6.58. The van der Waals surface area contributed by atoms with E-state index in [2.05, 4.69) is 28.6 Å². The van der Waals surface area contributed by atoms with E-state index in [1.807, 2.05) is 13.2 Å². The predicted octanol–water partition coefficient (Wildman–Crippen LogP) is 1.29. The van der Waals surface area contributed by atoms with Gasteiger partial charge in [0.05, 0.1) is 38.3 Å². The van der Waals surface area contributed by atoms with Crippen LogP contribution in [0.4, 0.5) is 0 Å². The lowest BCUT2D eigenvalue weighted by Crippen LogP contribution is -2.41. The quantitative estimate of drug-likeness (QED) is 0.901. The van der Waals surface area contributed by atoms with Crippen molar-refractivity contribution in [3.8, 4) is 11.5 Å². The first-order valence-corrected chi connectivity index (χ1v) is 7.99. The number of ether oxygens (including phenoxy) is 3. The highest BCUT2D eigenvalue weighted by Gasteiger charge is 2.30. The van der Waals surface area contributed by atoms with E-state index in [1.165, 1.54) is 11.1 Å². The minimum absolute atomic E-state index is 0.0111. The molecule has 0 radical (unpaired) electrons. The van der Waals surface area contributed by atoms with Gasteiger partial charge in [-0.3, -0.25) is 4.68 Å². The van der Waals surface area contributed by atoms with Crippen LogP contribution in [0, 0.1) is 0 Å². The van der Waals surface area contributed by atoms with Gasteiger partial charge in [0.15, 0.2) is 5.75 Å². The molecule has 0 amide bonds. The van der Waals surface area contributed by atoms with Crippen molar-refractivity contribution in [2.24, 2.45) is 7.05 Å². The van der Waals surface area contributed by atoms with E-state index in [-0.39, 0.29) is 12.1 Å². The van der Waals surface area contributed by atoms with Gasteiger partial charge < -0.3 is 19.5 Å². The molecule has 1 saturated heterocycles. The van der Waals surface area contributed by atoms with Crippen molar-refractivity contribution in [2.75, 3.05) is 19.8 Å². The van der Waals surface area contributed by atoms with Crippen LogP contribution in [0.1, 0.15) is 11.1 Å². The fraction of sp³-hybridized carbons (Fsp3) is 0.471. The molecule has 4 rings (SSSR count). The Labute approximate surface area is 135 Å². The van der Waals surface area contributed by atoms with Crippen LogP contribution in [0.3, 0.4) is 0 Å². The van der Waals surface area contributed by atoms with Crippen LogP contribution >= 0.6 is 0 Å². The number of benzene rings is 1. The molecule has 0 spiro atoms. The monoisotopic (exact) mass is 315 g/mol. The Bertz CT molecular complexity index is 685. The van der Waals surface area contributed by atoms with Gasteiger partial charge in [0.2, 0.25) is 0 Å². The number of nitrogens with one attached hydrogen (secondary N) is 1. The summed E-state index contributed by atoms with van der Waals surface area (Å²) in [5.41, 5.74) is 2.57. The lowest BCUT2D eigenvalue weighted by Gasteiger charge is -2.20. The zero-order chi connectivity index (χ0) is 15.6. The molecule has 0 saturated carbocycles. The van der Waals surface area contributed by atoms with Crippen LogP contribution in [-0.4, -0.2) is 41.7 Å². The molecule has 1 fully saturated rings. The number of fused-ring (bicyclic) bond motifs is 1. The smallest absolute Gasteiger partial charge is 0.157 e. The third-order valence-electron chi connectivity index (χ3n) is 4.32. The molecule has 0 bridgehead atoms. The summed E-state index contributed by atoms with van der Waals surface area (Å²) in [5, 5.41) is 7.68. The Hall–Kier alpha value is -2.05. The van der Waals surface area contributed by atoms with Crippen molar-refractivity contribution >= 4 is 0 Å². The maximum atomic E-state index is 5.98. The highest BCUT2D eigenvalue weighted by atomic mass is 16.5. The van der Waals surface area contributed by atoms with Crippen molar-refractivity contribution in [1.29, 1.82) is 0 Å². The first kappa shape index (κ1) is 14.5. The largest absolute Gasteiger partial charge is 0.493 e. The van der Waals surface area contributed by atoms with Crippen LogP contribution in [0.5, 0.6) is 11.5 Å². The zero-order valence-electron chi connectivity index (χ0n) is 13.2. The number of rotatable bonds is 5. The van der Waals surface area contributed by atoms with E-state index >= 15 is 0 Å². The van der Waals surface area contributed by atoms with E-state index in [4.69, 9.17) is 14.2 Å². The molecule has 23 heavy (non-hydrogen) atoms. The molecule has 2 aromatic rings. The minimum Gasteiger partial charge on any atom is -0.493 e. The Morgan fingerprint density at radius 1 is 1.39 bits per heavy atom. The predicted molar refractivity (Wildman–Crippen MR) is 84.7 cm³/mol. The van der Waals surface area contributed by atoms with Crippen molar-refractivity contribution in [2.45, 2.75) is 25.1 Å². The summed E-state index contributed by atoms with van der Waals surface area (Å²) in [6.45, 7) is 2.86. The lowest BCUT2D eigenvalue weighted by atomic mass is 10.1. The molecule has 2 atom stereocenters. The highest BCUT2D eigenvalue weighted by molar-refractivity contribution is 5.39. The first-order chi connectivity index (χ1) is 11.3. The normalized spacial score (nSPS) is 22.8. The van der Waals surface area contributed by atoms with Gasteiger partial charge in [-0.05, 0) is 17.2 Å². The van der Waals surface area contributed by atoms with Crippen LogP contribution in [0.2, 0.25) is 0 Å². The van der Waals surface area contributed by atoms with Gasteiger partial charge in [-0.2, -0.15) is 5.10 Å². The number of hydrogen-bond donors (Lipinski definition) is 1. The maximum absolute atomic E-state index is 5.98. The molecular formula is C17H21N3O3. The molecule has 1 aromatic heterocycles. The van der Waals surface area contributed by atoms with Crippen LogP contribution < -0.4 is 14.8 Å². The lowest BCUT2D eigenvalue weighted by molar-refractivity contribution is 0.139. The summed E-state index contributed by atoms with van der Waals surface area (Å²) in [4.78, 5) is 0. The summed E-state index contributed by atoms with van der Waals surface area (Å²) < 4.78 is 18.8. The number of aromatic nitrogens is 2. The molecule has 0 aliphatic carbocycles. The van der Waals surface area contributed by atoms with Gasteiger partial charge in [0.1, 0.15) is 11.9 Å². The third-order valence-corrected chi connectivity index (χ3v) is 4.32. The van der Waals surface area contributed by atoms with Crippen LogP contribution in [-0.2, 0) is 24.8 Å². The summed E-state index contributed by atoms with van der Waals surface area (Å²) >= 11 is 0. The molecule has 6 heteroatoms. The molecule has 3 heterocycles. The van der Waals surface area contributed by atoms with Crippen molar-refractivity contribution in [3.05, 3.63) is 41.7 Å². The highest BCUT2D eigenvalue weighted by Crippen LogP contribution is 2.26. The second-order valence-electron chi connectivity index (χ2n) is 6.07. The first-order valence-electron chi connectivity index (χ1n) is 7.99. The Morgan fingerprint density at radius 3 is 3.22 bits per heavy atom. The van der Waals surface area contributed by atoms with Crippen molar-refractivity contribution in [3.63, 3.8) is 0 Å². The molecule has 6 nitrogen and oxygen atoms in total. The Kier molecular flexibility index (Phi) is 3.93. The number of nitrogens with zero attached hydrogens (tertiary/aromatic N) is 2. The maximum Gasteiger partial charge on any atom is 0.157 e. The minimum atomic E-state index is 0.0111. The van der Waals surface area contributed by atoms with E-state index in [9.17, 15) is 0 Å². The molecule has 1 N–H and O–H groups in total. The van der Waals surface area contributed by atoms with E-state index in [0.717, 1.165) is 31.1 Å². The van der Waals surface area contributed by atoms with Gasteiger partial charge >= 0.3 is 0 Å². The van der Waals surface area contributed by atoms with Gasteiger partial charge in [0, 0.05) is 20.0 Å². The topological polar surface area (TPSA) is 57.5 Å². The fourth-order valence-corrected chi connectivity index (χ4v) is 3.07. The molecule has 2 aliphatic rings. The van der Waals surface area contributed by atoms with Crippen molar-refractivity contribution < 1.29 is 14.2 Å². The average Bonchev–Trinajstić information content (AvgIpc) is 3.26. The number of aryl methyl sites for hydroxylation is 1. The van der Waals surface area contributed by atoms with Crippen molar-refractivity contribution in [1.82, 2.24) is 15.1 Å². The Balaban J connectivity index is 1.36. The van der Waals surface area contributed by atoms with Crippen LogP contribution in [0.25, 0.3) is 0 Å². The molecule has 122 valence electrons. The van der Waals surface area contributed by atoms with E-state index in [0.29, 0.717) is 13.2 Å². The average molecular weight is 315 g/mol. The van der Waals surface area contributed by atoms with Gasteiger partial charge in [-0.25, -0.2) is 0 Å².